The summed E-state index contributed by atoms with van der Waals surface area (Å²) >= 11 is 0. The lowest BCUT2D eigenvalue weighted by Crippen LogP contribution is -2.65. The van der Waals surface area contributed by atoms with Crippen LogP contribution in [0.2, 0.25) is 0 Å². The standard InChI is InChI=1S/C23H28N2O4/c1-3-5-16(2)22(27)25-14-19(29-15-23(25)9-4-10-23)13-21(26)24-18-6-7-20-17(12-18)8-11-28-20/h1,6-7,12,16,19H,4-5,8-11,13-15H2,2H3,(H,24,26). The van der Waals surface area contributed by atoms with Gasteiger partial charge < -0.3 is 19.7 Å². The fourth-order valence-corrected chi connectivity index (χ4v) is 4.46. The number of carbonyl (C=O) groups excluding carboxylic acids is 2. The predicted molar refractivity (Wildman–Crippen MR) is 110 cm³/mol. The highest BCUT2D eigenvalue weighted by molar-refractivity contribution is 5.91. The molecule has 6 nitrogen and oxygen atoms in total. The van der Waals surface area contributed by atoms with E-state index in [1.807, 2.05) is 30.0 Å². The molecule has 0 radical (unpaired) electrons. The number of carbonyl (C=O) groups is 2. The Kier molecular flexibility index (Phi) is 5.51. The number of terminal acetylenes is 1. The molecule has 0 aromatic heterocycles. The number of morpholine rings is 1. The van der Waals surface area contributed by atoms with Crippen LogP contribution < -0.4 is 10.1 Å². The van der Waals surface area contributed by atoms with Crippen molar-refractivity contribution >= 4 is 17.5 Å². The van der Waals surface area contributed by atoms with Gasteiger partial charge in [0.2, 0.25) is 11.8 Å². The fraction of sp³-hybridized carbons (Fsp3) is 0.565. The van der Waals surface area contributed by atoms with E-state index in [1.165, 1.54) is 0 Å². The molecular formula is C23H28N2O4. The molecule has 2 unspecified atom stereocenters. The molecule has 2 fully saturated rings. The van der Waals surface area contributed by atoms with Crippen molar-refractivity contribution in [2.45, 2.75) is 57.1 Å². The Labute approximate surface area is 171 Å². The summed E-state index contributed by atoms with van der Waals surface area (Å²) in [6.45, 7) is 3.50. The summed E-state index contributed by atoms with van der Waals surface area (Å²) < 4.78 is 11.5. The summed E-state index contributed by atoms with van der Waals surface area (Å²) in [6.07, 6.45) is 9.62. The van der Waals surface area contributed by atoms with Gasteiger partial charge in [-0.05, 0) is 43.0 Å². The number of nitrogens with one attached hydrogen (secondary N) is 1. The normalized spacial score (nSPS) is 22.8. The Morgan fingerprint density at radius 3 is 2.97 bits per heavy atom. The van der Waals surface area contributed by atoms with Gasteiger partial charge in [-0.2, -0.15) is 0 Å². The smallest absolute Gasteiger partial charge is 0.227 e. The highest BCUT2D eigenvalue weighted by Gasteiger charge is 2.49. The Morgan fingerprint density at radius 2 is 2.24 bits per heavy atom. The maximum Gasteiger partial charge on any atom is 0.227 e. The van der Waals surface area contributed by atoms with Crippen molar-refractivity contribution in [2.75, 3.05) is 25.1 Å². The fourth-order valence-electron chi connectivity index (χ4n) is 4.46. The first-order valence-electron chi connectivity index (χ1n) is 10.4. The van der Waals surface area contributed by atoms with Gasteiger partial charge in [0.1, 0.15) is 5.75 Å². The van der Waals surface area contributed by atoms with E-state index in [0.29, 0.717) is 26.2 Å². The molecule has 154 valence electrons. The topological polar surface area (TPSA) is 67.9 Å². The number of ether oxygens (including phenoxy) is 2. The number of hydrogen-bond donors (Lipinski definition) is 1. The van der Waals surface area contributed by atoms with Crippen LogP contribution in [0.4, 0.5) is 5.69 Å². The Bertz CT molecular complexity index is 840. The summed E-state index contributed by atoms with van der Waals surface area (Å²) in [5, 5.41) is 2.95. The molecule has 1 saturated carbocycles. The second-order valence-electron chi connectivity index (χ2n) is 8.44. The highest BCUT2D eigenvalue weighted by Crippen LogP contribution is 2.42. The molecule has 1 aromatic carbocycles. The average molecular weight is 396 g/mol. The third kappa shape index (κ3) is 3.97. The van der Waals surface area contributed by atoms with Crippen LogP contribution in [0.3, 0.4) is 0 Å². The van der Waals surface area contributed by atoms with Crippen molar-refractivity contribution < 1.29 is 19.1 Å². The van der Waals surface area contributed by atoms with Crippen LogP contribution in [0.15, 0.2) is 18.2 Å². The third-order valence-corrected chi connectivity index (χ3v) is 6.33. The molecule has 6 heteroatoms. The number of nitrogens with zero attached hydrogens (tertiary/aromatic N) is 1. The van der Waals surface area contributed by atoms with Crippen LogP contribution in [-0.4, -0.2) is 48.1 Å². The zero-order valence-electron chi connectivity index (χ0n) is 16.9. The first kappa shape index (κ1) is 19.8. The number of amides is 2. The van der Waals surface area contributed by atoms with E-state index in [4.69, 9.17) is 15.9 Å². The summed E-state index contributed by atoms with van der Waals surface area (Å²) in [5.74, 6) is 3.24. The molecule has 3 aliphatic rings. The van der Waals surface area contributed by atoms with Gasteiger partial charge in [0.05, 0.1) is 31.3 Å². The lowest BCUT2D eigenvalue weighted by atomic mass is 9.74. The number of rotatable bonds is 5. The SMILES string of the molecule is C#CCC(C)C(=O)N1CC(CC(=O)Nc2ccc3c(c2)CCO3)OCC12CCC2. The van der Waals surface area contributed by atoms with Gasteiger partial charge in [0, 0.05) is 31.0 Å². The molecule has 1 saturated heterocycles. The minimum atomic E-state index is -0.305. The maximum absolute atomic E-state index is 13.0. The molecule has 1 aliphatic carbocycles. The number of hydrogen-bond acceptors (Lipinski definition) is 4. The lowest BCUT2D eigenvalue weighted by molar-refractivity contribution is -0.175. The van der Waals surface area contributed by atoms with Gasteiger partial charge in [-0.1, -0.05) is 6.92 Å². The van der Waals surface area contributed by atoms with Crippen LogP contribution >= 0.6 is 0 Å². The molecular weight excluding hydrogens is 368 g/mol. The molecule has 2 aliphatic heterocycles. The predicted octanol–water partition coefficient (Wildman–Crippen LogP) is 2.76. The molecule has 29 heavy (non-hydrogen) atoms. The molecule has 1 spiro atoms. The van der Waals surface area contributed by atoms with Crippen LogP contribution in [0.1, 0.15) is 44.6 Å². The van der Waals surface area contributed by atoms with Crippen LogP contribution in [0.25, 0.3) is 0 Å². The van der Waals surface area contributed by atoms with E-state index < -0.39 is 0 Å². The lowest BCUT2D eigenvalue weighted by Gasteiger charge is -2.55. The van der Waals surface area contributed by atoms with Crippen molar-refractivity contribution in [1.29, 1.82) is 0 Å². The second kappa shape index (κ2) is 8.08. The minimum Gasteiger partial charge on any atom is -0.493 e. The third-order valence-electron chi connectivity index (χ3n) is 6.33. The van der Waals surface area contributed by atoms with Crippen LogP contribution in [0, 0.1) is 18.3 Å². The number of fused-ring (bicyclic) bond motifs is 1. The summed E-state index contributed by atoms with van der Waals surface area (Å²) in [5.41, 5.74) is 1.68. The summed E-state index contributed by atoms with van der Waals surface area (Å²) in [6, 6.07) is 5.70. The summed E-state index contributed by atoms with van der Waals surface area (Å²) in [4.78, 5) is 27.5. The monoisotopic (exact) mass is 396 g/mol. The van der Waals surface area contributed by atoms with Crippen LogP contribution in [0.5, 0.6) is 5.75 Å². The van der Waals surface area contributed by atoms with E-state index in [-0.39, 0.29) is 35.8 Å². The van der Waals surface area contributed by atoms with Crippen molar-refractivity contribution in [1.82, 2.24) is 4.90 Å². The van der Waals surface area contributed by atoms with E-state index >= 15 is 0 Å². The first-order chi connectivity index (χ1) is 14.0. The van der Waals surface area contributed by atoms with Crippen molar-refractivity contribution in [3.05, 3.63) is 23.8 Å². The van der Waals surface area contributed by atoms with Crippen molar-refractivity contribution in [2.24, 2.45) is 5.92 Å². The number of benzene rings is 1. The molecule has 4 rings (SSSR count). The maximum atomic E-state index is 13.0. The van der Waals surface area contributed by atoms with E-state index in [1.54, 1.807) is 0 Å². The zero-order chi connectivity index (χ0) is 20.4. The number of anilines is 1. The van der Waals surface area contributed by atoms with Gasteiger partial charge in [-0.25, -0.2) is 0 Å². The van der Waals surface area contributed by atoms with E-state index in [0.717, 1.165) is 42.7 Å². The first-order valence-corrected chi connectivity index (χ1v) is 10.4. The molecule has 1 aromatic rings. The average Bonchev–Trinajstić information content (AvgIpc) is 3.14. The Hall–Kier alpha value is -2.52. The van der Waals surface area contributed by atoms with E-state index in [2.05, 4.69) is 11.2 Å². The summed E-state index contributed by atoms with van der Waals surface area (Å²) in [7, 11) is 0. The molecule has 2 heterocycles. The van der Waals surface area contributed by atoms with Gasteiger partial charge in [-0.15, -0.1) is 12.3 Å². The minimum absolute atomic E-state index is 0.0787. The molecule has 2 amide bonds. The van der Waals surface area contributed by atoms with Gasteiger partial charge in [0.15, 0.2) is 0 Å². The Balaban J connectivity index is 1.38. The molecule has 1 N–H and O–H groups in total. The molecule has 0 bridgehead atoms. The second-order valence-corrected chi connectivity index (χ2v) is 8.44. The van der Waals surface area contributed by atoms with Gasteiger partial charge in [-0.3, -0.25) is 9.59 Å². The van der Waals surface area contributed by atoms with Gasteiger partial charge in [0.25, 0.3) is 0 Å². The van der Waals surface area contributed by atoms with Gasteiger partial charge >= 0.3 is 0 Å². The highest BCUT2D eigenvalue weighted by atomic mass is 16.5. The largest absolute Gasteiger partial charge is 0.493 e. The Morgan fingerprint density at radius 1 is 1.41 bits per heavy atom. The zero-order valence-corrected chi connectivity index (χ0v) is 16.9. The quantitative estimate of drug-likeness (QED) is 0.777. The van der Waals surface area contributed by atoms with Crippen LogP contribution in [-0.2, 0) is 20.7 Å². The van der Waals surface area contributed by atoms with E-state index in [9.17, 15) is 9.59 Å². The van der Waals surface area contributed by atoms with Crippen molar-refractivity contribution in [3.8, 4) is 18.1 Å². The van der Waals surface area contributed by atoms with Crippen molar-refractivity contribution in [3.63, 3.8) is 0 Å². The molecule has 2 atom stereocenters.